The predicted molar refractivity (Wildman–Crippen MR) is 5.75 cm³/mol. The van der Waals surface area contributed by atoms with Crippen LogP contribution in [0.2, 0.25) is 0 Å². The van der Waals surface area contributed by atoms with E-state index in [-0.39, 0.29) is 99.3 Å². The molecule has 0 atom stereocenters. The van der Waals surface area contributed by atoms with Gasteiger partial charge in [0.1, 0.15) is 0 Å². The van der Waals surface area contributed by atoms with E-state index in [1.54, 1.807) is 0 Å². The zero-order valence-electron chi connectivity index (χ0n) is 2.22. The molecule has 0 aliphatic carbocycles. The summed E-state index contributed by atoms with van der Waals surface area (Å²) in [5.74, 6) is 0. The average molecular weight is 584 g/mol. The average Bonchev–Trinajstić information content (AvgIpc) is 0. The third kappa shape index (κ3) is 9.00. The third-order valence-electron chi connectivity index (χ3n) is 0. The van der Waals surface area contributed by atoms with Crippen LogP contribution in [0.25, 0.3) is 0 Å². The molecule has 0 aromatic carbocycles. The van der Waals surface area contributed by atoms with Crippen LogP contribution in [0.15, 0.2) is 0 Å². The van der Waals surface area contributed by atoms with Gasteiger partial charge in [-0.3, -0.25) is 0 Å². The molecule has 0 heterocycles. The van der Waals surface area contributed by atoms with Gasteiger partial charge in [0.25, 0.3) is 0 Å². The van der Waals surface area contributed by atoms with Gasteiger partial charge in [0.05, 0.1) is 0 Å². The second-order valence-electron chi connectivity index (χ2n) is 0. The zero-order valence-corrected chi connectivity index (χ0v) is 16.6. The minimum Gasteiger partial charge on any atom is 0 e. The van der Waals surface area contributed by atoms with E-state index in [1.807, 2.05) is 0 Å². The quantitative estimate of drug-likeness (QED) is 0.341. The van der Waals surface area contributed by atoms with E-state index < -0.39 is 0 Å². The summed E-state index contributed by atoms with van der Waals surface area (Å²) in [6.45, 7) is 0. The molecule has 4 heteroatoms. The SMILES string of the molecule is [Cd].[Cu].[Hg].[Pb]. The monoisotopic (exact) mass is 587 g/mol. The molecule has 0 nitrogen and oxygen atoms in total. The maximum Gasteiger partial charge on any atom is 0 e. The Hall–Kier alpha value is 3.30. The molecule has 0 rings (SSSR count). The van der Waals surface area contributed by atoms with Crippen molar-refractivity contribution in [2.24, 2.45) is 0 Å². The molecule has 0 aliphatic rings. The van der Waals surface area contributed by atoms with Crippen molar-refractivity contribution >= 4 is 27.3 Å². The van der Waals surface area contributed by atoms with Gasteiger partial charge in [0.2, 0.25) is 0 Å². The van der Waals surface area contributed by atoms with Crippen molar-refractivity contribution in [2.75, 3.05) is 0 Å². The summed E-state index contributed by atoms with van der Waals surface area (Å²) in [5.41, 5.74) is 0. The van der Waals surface area contributed by atoms with Crippen LogP contribution in [0.1, 0.15) is 0 Å². The normalized spacial score (nSPS) is 0. The van der Waals surface area contributed by atoms with E-state index in [0.29, 0.717) is 0 Å². The summed E-state index contributed by atoms with van der Waals surface area (Å²) in [4.78, 5) is 0. The van der Waals surface area contributed by atoms with E-state index in [0.717, 1.165) is 0 Å². The largest absolute Gasteiger partial charge is 0 e. The standard InChI is InChI=1S/Cd.Cu.Hg.Pb. The zero-order chi connectivity index (χ0) is 0. The molecule has 0 saturated heterocycles. The predicted octanol–water partition coefficient (Wildman–Crippen LogP) is -0.388. The fourth-order valence-electron chi connectivity index (χ4n) is 0. The van der Waals surface area contributed by atoms with Crippen molar-refractivity contribution in [3.05, 3.63) is 0 Å². The maximum atomic E-state index is 0. The number of rotatable bonds is 0. The van der Waals surface area contributed by atoms with Crippen LogP contribution in [0.4, 0.5) is 0 Å². The van der Waals surface area contributed by atoms with Gasteiger partial charge in [-0.25, -0.2) is 0 Å². The van der Waals surface area contributed by atoms with E-state index in [1.165, 1.54) is 0 Å². The first-order chi connectivity index (χ1) is 0. The Kier molecular flexibility index (Phi) is 108. The van der Waals surface area contributed by atoms with Gasteiger partial charge in [0, 0.05) is 99.3 Å². The van der Waals surface area contributed by atoms with Crippen LogP contribution in [0.3, 0.4) is 0 Å². The first-order valence-electron chi connectivity index (χ1n) is 0. The molecule has 0 fully saturated rings. The van der Waals surface area contributed by atoms with Crippen molar-refractivity contribution in [1.82, 2.24) is 0 Å². The molecule has 0 unspecified atom stereocenters. The van der Waals surface area contributed by atoms with Gasteiger partial charge >= 0.3 is 0 Å². The van der Waals surface area contributed by atoms with Crippen molar-refractivity contribution in [2.45, 2.75) is 0 Å². The van der Waals surface area contributed by atoms with E-state index in [2.05, 4.69) is 0 Å². The van der Waals surface area contributed by atoms with Crippen LogP contribution in [0.5, 0.6) is 0 Å². The van der Waals surface area contributed by atoms with Crippen molar-refractivity contribution in [3.63, 3.8) is 0 Å². The Morgan fingerprint density at radius 2 is 1.00 bits per heavy atom. The summed E-state index contributed by atoms with van der Waals surface area (Å²) in [6.07, 6.45) is 0. The smallest absolute Gasteiger partial charge is 0 e. The molecule has 0 aromatic heterocycles. The summed E-state index contributed by atoms with van der Waals surface area (Å²) >= 11 is 0. The van der Waals surface area contributed by atoms with Crippen molar-refractivity contribution in [3.8, 4) is 0 Å². The van der Waals surface area contributed by atoms with Crippen LogP contribution >= 0.6 is 0 Å². The van der Waals surface area contributed by atoms with Crippen molar-refractivity contribution in [1.29, 1.82) is 0 Å². The molecule has 5 radical (unpaired) electrons. The van der Waals surface area contributed by atoms with Gasteiger partial charge in [-0.2, -0.15) is 0 Å². The molecule has 0 spiro atoms. The minimum atomic E-state index is 0. The van der Waals surface area contributed by atoms with Crippen LogP contribution < -0.4 is 0 Å². The third-order valence-corrected chi connectivity index (χ3v) is 0. The Bertz CT molecular complexity index is 8.00. The van der Waals surface area contributed by atoms with Crippen LogP contribution in [-0.4, -0.2) is 27.3 Å². The molecule has 0 amide bonds. The van der Waals surface area contributed by atoms with Gasteiger partial charge in [-0.15, -0.1) is 0 Å². The summed E-state index contributed by atoms with van der Waals surface area (Å²) in [7, 11) is 0. The molecule has 0 aromatic rings. The molecular formula is CdCuHgPb. The molecule has 4 heavy (non-hydrogen) atoms. The van der Waals surface area contributed by atoms with Gasteiger partial charge in [-0.05, 0) is 0 Å². The number of hydrogen-bond donors (Lipinski definition) is 0. The second kappa shape index (κ2) is 16.3. The first kappa shape index (κ1) is 26.6. The Balaban J connectivity index is 0. The molecule has 0 aliphatic heterocycles. The Morgan fingerprint density at radius 1 is 1.00 bits per heavy atom. The fraction of sp³-hybridized carbons (Fsp3) is 0. The summed E-state index contributed by atoms with van der Waals surface area (Å²) in [6, 6.07) is 0. The molecule has 0 N–H and O–H groups in total. The van der Waals surface area contributed by atoms with E-state index in [4.69, 9.17) is 0 Å². The van der Waals surface area contributed by atoms with Gasteiger partial charge in [0.15, 0.2) is 0 Å². The first-order valence-corrected chi connectivity index (χ1v) is 0. The summed E-state index contributed by atoms with van der Waals surface area (Å²) < 4.78 is 0. The molecule has 0 saturated carbocycles. The van der Waals surface area contributed by atoms with Crippen LogP contribution in [-0.2, 0) is 72.0 Å². The van der Waals surface area contributed by atoms with E-state index >= 15 is 0 Å². The number of hydrogen-bond acceptors (Lipinski definition) is 0. The van der Waals surface area contributed by atoms with Crippen molar-refractivity contribution < 1.29 is 72.0 Å². The Morgan fingerprint density at radius 3 is 1.00 bits per heavy atom. The van der Waals surface area contributed by atoms with Gasteiger partial charge in [-0.1, -0.05) is 0 Å². The maximum absolute atomic E-state index is 0. The minimum absolute atomic E-state index is 0. The molecular weight excluding hydrogens is 584 g/mol. The van der Waals surface area contributed by atoms with Gasteiger partial charge < -0.3 is 0 Å². The van der Waals surface area contributed by atoms with E-state index in [9.17, 15) is 0 Å². The van der Waals surface area contributed by atoms with Crippen LogP contribution in [0, 0.1) is 0 Å². The topological polar surface area (TPSA) is 0 Å². The molecule has 0 bridgehead atoms. The fourth-order valence-corrected chi connectivity index (χ4v) is 0. The second-order valence-corrected chi connectivity index (χ2v) is 0. The summed E-state index contributed by atoms with van der Waals surface area (Å²) in [5, 5.41) is 0. The Labute approximate surface area is 97.2 Å². The molecule has 19 valence electrons.